The van der Waals surface area contributed by atoms with Gasteiger partial charge in [0.25, 0.3) is 5.91 Å². The Balaban J connectivity index is 1.11. The molecule has 0 saturated carbocycles. The first kappa shape index (κ1) is 27.9. The van der Waals surface area contributed by atoms with Gasteiger partial charge in [-0.2, -0.15) is 0 Å². The third-order valence-electron chi connectivity index (χ3n) is 8.40. The molecule has 1 atom stereocenters. The van der Waals surface area contributed by atoms with Gasteiger partial charge in [0.1, 0.15) is 18.2 Å². The lowest BCUT2D eigenvalue weighted by Crippen LogP contribution is -2.46. The number of rotatable bonds is 8. The molecule has 7 heteroatoms. The van der Waals surface area contributed by atoms with Crippen LogP contribution in [0.5, 0.6) is 11.5 Å². The molecule has 6 rings (SSSR count). The maximum Gasteiger partial charge on any atom is 0.253 e. The standard InChI is InChI=1S/C35H34F2N2O3/c1-41-34-21-26(12-13-33(34)42-23-25-7-5-10-29(37)19-25)35(40)38-16-14-30(15-17-38)39-22-27-8-2-3-11-31(27)32(39)20-24-6-4-9-28(36)18-24/h2-13,18-19,21,30,32H,14-17,20,22-23H2,1H3. The molecule has 1 amide bonds. The third kappa shape index (κ3) is 6.02. The number of fused-ring (bicyclic) bond motifs is 1. The van der Waals surface area contributed by atoms with Crippen molar-refractivity contribution >= 4 is 5.91 Å². The van der Waals surface area contributed by atoms with E-state index in [-0.39, 0.29) is 30.2 Å². The number of ether oxygens (including phenoxy) is 2. The van der Waals surface area contributed by atoms with E-state index >= 15 is 0 Å². The van der Waals surface area contributed by atoms with Crippen LogP contribution in [0.15, 0.2) is 91.0 Å². The zero-order valence-corrected chi connectivity index (χ0v) is 23.6. The molecule has 0 aliphatic carbocycles. The summed E-state index contributed by atoms with van der Waals surface area (Å²) < 4.78 is 38.9. The molecule has 2 heterocycles. The van der Waals surface area contributed by atoms with E-state index in [9.17, 15) is 13.6 Å². The smallest absolute Gasteiger partial charge is 0.253 e. The Hall–Kier alpha value is -4.23. The van der Waals surface area contributed by atoms with Crippen molar-refractivity contribution in [1.82, 2.24) is 9.80 Å². The number of methoxy groups -OCH3 is 1. The lowest BCUT2D eigenvalue weighted by Gasteiger charge is -2.39. The van der Waals surface area contributed by atoms with Crippen LogP contribution in [-0.4, -0.2) is 41.9 Å². The highest BCUT2D eigenvalue weighted by molar-refractivity contribution is 5.95. The largest absolute Gasteiger partial charge is 0.493 e. The second-order valence-electron chi connectivity index (χ2n) is 11.0. The number of amides is 1. The fraction of sp³-hybridized carbons (Fsp3) is 0.286. The van der Waals surface area contributed by atoms with Crippen LogP contribution in [0, 0.1) is 11.6 Å². The Morgan fingerprint density at radius 3 is 2.29 bits per heavy atom. The molecule has 2 aliphatic heterocycles. The average molecular weight is 569 g/mol. The normalized spacial score (nSPS) is 17.2. The van der Waals surface area contributed by atoms with Gasteiger partial charge in [0.05, 0.1) is 7.11 Å². The Morgan fingerprint density at radius 2 is 1.55 bits per heavy atom. The van der Waals surface area contributed by atoms with Crippen molar-refractivity contribution in [3.8, 4) is 11.5 Å². The molecule has 1 unspecified atom stereocenters. The molecule has 0 bridgehead atoms. The summed E-state index contributed by atoms with van der Waals surface area (Å²) in [6, 6.07) is 27.4. The second kappa shape index (κ2) is 12.3. The Bertz CT molecular complexity index is 1570. The molecule has 0 aromatic heterocycles. The lowest BCUT2D eigenvalue weighted by atomic mass is 9.95. The number of benzene rings is 4. The predicted molar refractivity (Wildman–Crippen MR) is 157 cm³/mol. The molecule has 0 N–H and O–H groups in total. The molecule has 4 aromatic carbocycles. The van der Waals surface area contributed by atoms with Gasteiger partial charge in [-0.05, 0) is 84.0 Å². The maximum absolute atomic E-state index is 14.0. The minimum absolute atomic E-state index is 0.0375. The van der Waals surface area contributed by atoms with Crippen molar-refractivity contribution in [3.63, 3.8) is 0 Å². The summed E-state index contributed by atoms with van der Waals surface area (Å²) in [5.74, 6) is 0.394. The molecule has 0 radical (unpaired) electrons. The number of likely N-dealkylation sites (tertiary alicyclic amines) is 1. The van der Waals surface area contributed by atoms with E-state index in [1.807, 2.05) is 11.0 Å². The van der Waals surface area contributed by atoms with Gasteiger partial charge in [0, 0.05) is 37.3 Å². The Labute approximate surface area is 245 Å². The first-order chi connectivity index (χ1) is 20.5. The van der Waals surface area contributed by atoms with E-state index in [1.54, 1.807) is 49.6 Å². The van der Waals surface area contributed by atoms with Gasteiger partial charge in [-0.15, -0.1) is 0 Å². The van der Waals surface area contributed by atoms with E-state index in [0.717, 1.165) is 31.4 Å². The van der Waals surface area contributed by atoms with E-state index in [0.29, 0.717) is 41.8 Å². The van der Waals surface area contributed by atoms with Crippen molar-refractivity contribution in [3.05, 3.63) is 130 Å². The SMILES string of the molecule is COc1cc(C(=O)N2CCC(N3Cc4ccccc4C3Cc3cccc(F)c3)CC2)ccc1OCc1cccc(F)c1. The van der Waals surface area contributed by atoms with Crippen LogP contribution in [-0.2, 0) is 19.6 Å². The number of carbonyl (C=O) groups excluding carboxylic acids is 1. The molecular weight excluding hydrogens is 534 g/mol. The zero-order chi connectivity index (χ0) is 29.1. The van der Waals surface area contributed by atoms with Gasteiger partial charge in [0.15, 0.2) is 11.5 Å². The number of halogens is 2. The highest BCUT2D eigenvalue weighted by Crippen LogP contribution is 2.40. The van der Waals surface area contributed by atoms with E-state index in [4.69, 9.17) is 9.47 Å². The number of hydrogen-bond donors (Lipinski definition) is 0. The van der Waals surface area contributed by atoms with Crippen LogP contribution in [0.4, 0.5) is 8.78 Å². The summed E-state index contributed by atoms with van der Waals surface area (Å²) in [6.07, 6.45) is 2.48. The summed E-state index contributed by atoms with van der Waals surface area (Å²) in [5.41, 5.74) is 4.88. The number of carbonyl (C=O) groups is 1. The van der Waals surface area contributed by atoms with Crippen molar-refractivity contribution in [1.29, 1.82) is 0 Å². The highest BCUT2D eigenvalue weighted by Gasteiger charge is 2.37. The molecular formula is C35H34F2N2O3. The van der Waals surface area contributed by atoms with Crippen LogP contribution in [0.3, 0.4) is 0 Å². The minimum atomic E-state index is -0.316. The molecule has 42 heavy (non-hydrogen) atoms. The van der Waals surface area contributed by atoms with E-state index in [2.05, 4.69) is 29.2 Å². The third-order valence-corrected chi connectivity index (χ3v) is 8.40. The van der Waals surface area contributed by atoms with Crippen LogP contribution >= 0.6 is 0 Å². The first-order valence-corrected chi connectivity index (χ1v) is 14.4. The van der Waals surface area contributed by atoms with Gasteiger partial charge in [0.2, 0.25) is 0 Å². The summed E-state index contributed by atoms with van der Waals surface area (Å²) in [4.78, 5) is 17.9. The zero-order valence-electron chi connectivity index (χ0n) is 23.6. The van der Waals surface area contributed by atoms with Gasteiger partial charge < -0.3 is 14.4 Å². The summed E-state index contributed by atoms with van der Waals surface area (Å²) in [6.45, 7) is 2.37. The maximum atomic E-state index is 14.0. The van der Waals surface area contributed by atoms with Crippen molar-refractivity contribution < 1.29 is 23.0 Å². The Kier molecular flexibility index (Phi) is 8.20. The van der Waals surface area contributed by atoms with Crippen molar-refractivity contribution in [2.45, 2.75) is 44.5 Å². The highest BCUT2D eigenvalue weighted by atomic mass is 19.1. The quantitative estimate of drug-likeness (QED) is 0.231. The van der Waals surface area contributed by atoms with Gasteiger partial charge in [-0.1, -0.05) is 48.5 Å². The van der Waals surface area contributed by atoms with Crippen molar-refractivity contribution in [2.24, 2.45) is 0 Å². The fourth-order valence-corrected chi connectivity index (χ4v) is 6.28. The molecule has 4 aromatic rings. The van der Waals surface area contributed by atoms with E-state index in [1.165, 1.54) is 29.3 Å². The number of hydrogen-bond acceptors (Lipinski definition) is 4. The van der Waals surface area contributed by atoms with Crippen LogP contribution < -0.4 is 9.47 Å². The van der Waals surface area contributed by atoms with Gasteiger partial charge >= 0.3 is 0 Å². The average Bonchev–Trinajstić information content (AvgIpc) is 3.38. The number of nitrogens with zero attached hydrogens (tertiary/aromatic N) is 2. The van der Waals surface area contributed by atoms with Gasteiger partial charge in [-0.3, -0.25) is 9.69 Å². The van der Waals surface area contributed by atoms with E-state index < -0.39 is 0 Å². The molecule has 5 nitrogen and oxygen atoms in total. The first-order valence-electron chi connectivity index (χ1n) is 14.4. The number of piperidine rings is 1. The topological polar surface area (TPSA) is 42.0 Å². The van der Waals surface area contributed by atoms with Crippen LogP contribution in [0.2, 0.25) is 0 Å². The fourth-order valence-electron chi connectivity index (χ4n) is 6.28. The van der Waals surface area contributed by atoms with Crippen molar-refractivity contribution in [2.75, 3.05) is 20.2 Å². The molecule has 1 fully saturated rings. The summed E-state index contributed by atoms with van der Waals surface area (Å²) in [5, 5.41) is 0. The lowest BCUT2D eigenvalue weighted by molar-refractivity contribution is 0.0548. The molecule has 2 aliphatic rings. The second-order valence-corrected chi connectivity index (χ2v) is 11.0. The Morgan fingerprint density at radius 1 is 0.833 bits per heavy atom. The predicted octanol–water partition coefficient (Wildman–Crippen LogP) is 6.96. The summed E-state index contributed by atoms with van der Waals surface area (Å²) in [7, 11) is 1.54. The molecule has 0 spiro atoms. The van der Waals surface area contributed by atoms with Crippen LogP contribution in [0.25, 0.3) is 0 Å². The molecule has 1 saturated heterocycles. The molecule has 216 valence electrons. The summed E-state index contributed by atoms with van der Waals surface area (Å²) >= 11 is 0. The monoisotopic (exact) mass is 568 g/mol. The minimum Gasteiger partial charge on any atom is -0.493 e. The van der Waals surface area contributed by atoms with Gasteiger partial charge in [-0.25, -0.2) is 8.78 Å². The van der Waals surface area contributed by atoms with Crippen LogP contribution in [0.1, 0.15) is 51.5 Å².